The van der Waals surface area contributed by atoms with Crippen LogP contribution < -0.4 is 5.32 Å². The molecular formula is C23H19BrFN3O. The molecule has 6 heteroatoms. The van der Waals surface area contributed by atoms with Gasteiger partial charge in [-0.25, -0.2) is 4.39 Å². The van der Waals surface area contributed by atoms with Crippen LogP contribution >= 0.6 is 15.9 Å². The molecule has 0 bridgehead atoms. The maximum atomic E-state index is 13.8. The fourth-order valence-corrected chi connectivity index (χ4v) is 3.40. The maximum absolute atomic E-state index is 13.8. The predicted octanol–water partition coefficient (Wildman–Crippen LogP) is 5.85. The summed E-state index contributed by atoms with van der Waals surface area (Å²) in [6, 6.07) is 15.7. The zero-order chi connectivity index (χ0) is 21.1. The van der Waals surface area contributed by atoms with Crippen molar-refractivity contribution in [2.75, 3.05) is 5.32 Å². The summed E-state index contributed by atoms with van der Waals surface area (Å²) in [7, 11) is 0. The number of hydrogen-bond acceptors (Lipinski definition) is 2. The molecule has 0 aliphatic rings. The molecule has 0 spiro atoms. The number of rotatable bonds is 4. The van der Waals surface area contributed by atoms with Crippen molar-refractivity contribution in [1.29, 1.82) is 5.26 Å². The summed E-state index contributed by atoms with van der Waals surface area (Å²) in [4.78, 5) is 12.5. The first kappa shape index (κ1) is 20.6. The van der Waals surface area contributed by atoms with Crippen molar-refractivity contribution in [3.8, 4) is 11.8 Å². The minimum Gasteiger partial charge on any atom is -0.319 e. The Kier molecular flexibility index (Phi) is 6.00. The van der Waals surface area contributed by atoms with Crippen molar-refractivity contribution in [2.45, 2.75) is 20.8 Å². The Bertz CT molecular complexity index is 1170. The topological polar surface area (TPSA) is 57.8 Å². The van der Waals surface area contributed by atoms with Gasteiger partial charge in [0.1, 0.15) is 17.5 Å². The van der Waals surface area contributed by atoms with E-state index in [1.165, 1.54) is 24.3 Å². The third kappa shape index (κ3) is 4.30. The highest BCUT2D eigenvalue weighted by Crippen LogP contribution is 2.26. The van der Waals surface area contributed by atoms with Crippen molar-refractivity contribution >= 4 is 33.6 Å². The Labute approximate surface area is 177 Å². The Morgan fingerprint density at radius 2 is 1.90 bits per heavy atom. The monoisotopic (exact) mass is 451 g/mol. The van der Waals surface area contributed by atoms with Gasteiger partial charge >= 0.3 is 0 Å². The van der Waals surface area contributed by atoms with Crippen LogP contribution in [0.1, 0.15) is 22.5 Å². The summed E-state index contributed by atoms with van der Waals surface area (Å²) in [5.74, 6) is -1.20. The van der Waals surface area contributed by atoms with Crippen molar-refractivity contribution in [3.05, 3.63) is 86.9 Å². The van der Waals surface area contributed by atoms with Gasteiger partial charge in [-0.3, -0.25) is 4.79 Å². The molecule has 29 heavy (non-hydrogen) atoms. The van der Waals surface area contributed by atoms with Gasteiger partial charge in [0.25, 0.3) is 5.91 Å². The van der Waals surface area contributed by atoms with E-state index in [1.807, 2.05) is 45.0 Å². The lowest BCUT2D eigenvalue weighted by Crippen LogP contribution is -2.14. The van der Waals surface area contributed by atoms with Gasteiger partial charge < -0.3 is 9.88 Å². The van der Waals surface area contributed by atoms with Crippen molar-refractivity contribution in [2.24, 2.45) is 0 Å². The second kappa shape index (κ2) is 8.46. The van der Waals surface area contributed by atoms with E-state index in [0.29, 0.717) is 0 Å². The van der Waals surface area contributed by atoms with E-state index in [2.05, 4.69) is 31.9 Å². The van der Waals surface area contributed by atoms with Gasteiger partial charge in [0.15, 0.2) is 0 Å². The summed E-state index contributed by atoms with van der Waals surface area (Å²) < 4.78 is 16.9. The molecule has 146 valence electrons. The van der Waals surface area contributed by atoms with Crippen molar-refractivity contribution in [1.82, 2.24) is 4.57 Å². The average molecular weight is 452 g/mol. The number of para-hydroxylation sites is 1. The van der Waals surface area contributed by atoms with Gasteiger partial charge in [-0.05, 0) is 74.4 Å². The van der Waals surface area contributed by atoms with Crippen LogP contribution in [0.25, 0.3) is 11.8 Å². The molecule has 1 aromatic heterocycles. The number of benzene rings is 2. The number of hydrogen-bond donors (Lipinski definition) is 1. The summed E-state index contributed by atoms with van der Waals surface area (Å²) in [5.41, 5.74) is 4.67. The number of carbonyl (C=O) groups excluding carboxylic acids is 1. The number of amides is 1. The number of carbonyl (C=O) groups is 1. The lowest BCUT2D eigenvalue weighted by molar-refractivity contribution is -0.112. The van der Waals surface area contributed by atoms with Crippen LogP contribution in [0.2, 0.25) is 0 Å². The Morgan fingerprint density at radius 1 is 1.17 bits per heavy atom. The van der Waals surface area contributed by atoms with E-state index >= 15 is 0 Å². The van der Waals surface area contributed by atoms with Gasteiger partial charge in [-0.15, -0.1) is 0 Å². The fraction of sp³-hybridized carbons (Fsp3) is 0.130. The Hall–Kier alpha value is -3.17. The highest BCUT2D eigenvalue weighted by Gasteiger charge is 2.15. The van der Waals surface area contributed by atoms with Gasteiger partial charge in [0.05, 0.1) is 5.69 Å². The Balaban J connectivity index is 1.96. The fourth-order valence-electron chi connectivity index (χ4n) is 3.16. The highest BCUT2D eigenvalue weighted by molar-refractivity contribution is 9.10. The molecule has 3 aromatic rings. The van der Waals surface area contributed by atoms with Crippen LogP contribution in [0.3, 0.4) is 0 Å². The van der Waals surface area contributed by atoms with Crippen LogP contribution in [-0.2, 0) is 4.79 Å². The third-order valence-electron chi connectivity index (χ3n) is 4.66. The Morgan fingerprint density at radius 3 is 2.55 bits per heavy atom. The van der Waals surface area contributed by atoms with Crippen molar-refractivity contribution in [3.63, 3.8) is 0 Å². The molecule has 3 rings (SSSR count). The smallest absolute Gasteiger partial charge is 0.266 e. The number of aryl methyl sites for hydroxylation is 2. The number of nitrogens with one attached hydrogen (secondary N) is 1. The molecule has 0 unspecified atom stereocenters. The average Bonchev–Trinajstić information content (AvgIpc) is 2.97. The zero-order valence-corrected chi connectivity index (χ0v) is 17.8. The molecule has 1 amide bonds. The van der Waals surface area contributed by atoms with Gasteiger partial charge in [0.2, 0.25) is 0 Å². The molecule has 2 aromatic carbocycles. The summed E-state index contributed by atoms with van der Waals surface area (Å²) >= 11 is 3.51. The summed E-state index contributed by atoms with van der Waals surface area (Å²) in [6.45, 7) is 5.91. The van der Waals surface area contributed by atoms with Crippen LogP contribution in [0.4, 0.5) is 10.1 Å². The van der Waals surface area contributed by atoms with E-state index in [9.17, 15) is 14.4 Å². The van der Waals surface area contributed by atoms with E-state index in [1.54, 1.807) is 6.07 Å². The molecule has 0 radical (unpaired) electrons. The number of aromatic nitrogens is 1. The molecular weight excluding hydrogens is 433 g/mol. The quantitative estimate of drug-likeness (QED) is 0.399. The molecule has 1 heterocycles. The molecule has 4 nitrogen and oxygen atoms in total. The summed E-state index contributed by atoms with van der Waals surface area (Å²) in [6.07, 6.45) is 1.53. The molecule has 1 N–H and O–H groups in total. The number of halogens is 2. The SMILES string of the molecule is Cc1cc(-n2c(C)cc(/C=C(\C#N)C(=O)Nc3ccccc3F)c2C)ccc1Br. The number of anilines is 1. The standard InChI is InChI=1S/C23H19BrFN3O/c1-14-10-19(8-9-20(14)24)28-15(2)11-17(16(28)3)12-18(13-26)23(29)27-22-7-5-4-6-21(22)25/h4-12H,1-3H3,(H,27,29)/b18-12+. The molecule has 0 aliphatic carbocycles. The second-order valence-corrected chi connectivity index (χ2v) is 7.55. The zero-order valence-electron chi connectivity index (χ0n) is 16.3. The van der Waals surface area contributed by atoms with Crippen LogP contribution in [0.15, 0.2) is 58.6 Å². The highest BCUT2D eigenvalue weighted by atomic mass is 79.9. The largest absolute Gasteiger partial charge is 0.319 e. The van der Waals surface area contributed by atoms with E-state index in [0.717, 1.165) is 32.7 Å². The van der Waals surface area contributed by atoms with Crippen LogP contribution in [0.5, 0.6) is 0 Å². The van der Waals surface area contributed by atoms with Gasteiger partial charge in [-0.1, -0.05) is 28.1 Å². The molecule has 0 saturated heterocycles. The second-order valence-electron chi connectivity index (χ2n) is 6.70. The minimum atomic E-state index is -0.651. The first-order valence-corrected chi connectivity index (χ1v) is 9.74. The first-order chi connectivity index (χ1) is 13.8. The van der Waals surface area contributed by atoms with Crippen LogP contribution in [0, 0.1) is 37.9 Å². The van der Waals surface area contributed by atoms with Crippen molar-refractivity contribution < 1.29 is 9.18 Å². The molecule has 0 fully saturated rings. The lowest BCUT2D eigenvalue weighted by Gasteiger charge is -2.11. The number of nitriles is 1. The molecule has 0 aliphatic heterocycles. The first-order valence-electron chi connectivity index (χ1n) is 8.95. The predicted molar refractivity (Wildman–Crippen MR) is 116 cm³/mol. The summed E-state index contributed by atoms with van der Waals surface area (Å²) in [5, 5.41) is 11.9. The van der Waals surface area contributed by atoms with E-state index in [-0.39, 0.29) is 11.3 Å². The van der Waals surface area contributed by atoms with Gasteiger partial charge in [0, 0.05) is 21.5 Å². The normalized spacial score (nSPS) is 11.2. The van der Waals surface area contributed by atoms with Crippen LogP contribution in [-0.4, -0.2) is 10.5 Å². The lowest BCUT2D eigenvalue weighted by atomic mass is 10.1. The molecule has 0 atom stereocenters. The maximum Gasteiger partial charge on any atom is 0.266 e. The van der Waals surface area contributed by atoms with E-state index in [4.69, 9.17) is 0 Å². The third-order valence-corrected chi connectivity index (χ3v) is 5.55. The number of nitrogens with zero attached hydrogens (tertiary/aromatic N) is 2. The minimum absolute atomic E-state index is 0.0365. The van der Waals surface area contributed by atoms with E-state index < -0.39 is 11.7 Å². The molecule has 0 saturated carbocycles. The van der Waals surface area contributed by atoms with Gasteiger partial charge in [-0.2, -0.15) is 5.26 Å².